The van der Waals surface area contributed by atoms with E-state index in [2.05, 4.69) is 55.5 Å². The van der Waals surface area contributed by atoms with E-state index in [1.165, 1.54) is 38.5 Å². The molecular weight excluding hydrogens is 320 g/mol. The molecule has 26 heavy (non-hydrogen) atoms. The van der Waals surface area contributed by atoms with Gasteiger partial charge in [0, 0.05) is 6.42 Å². The van der Waals surface area contributed by atoms with Crippen molar-refractivity contribution in [3.05, 3.63) is 48.6 Å². The van der Waals surface area contributed by atoms with Crippen LogP contribution in [0.15, 0.2) is 48.6 Å². The molecule has 0 radical (unpaired) electrons. The number of carboxylic acid groups (broad SMARTS) is 1. The van der Waals surface area contributed by atoms with Crippen LogP contribution in [0.25, 0.3) is 0 Å². The molecule has 148 valence electrons. The molecule has 0 atom stereocenters. The molecule has 2 nitrogen and oxygen atoms in total. The Labute approximate surface area is 161 Å². The molecule has 0 heterocycles. The van der Waals surface area contributed by atoms with Gasteiger partial charge in [-0.15, -0.1) is 0 Å². The van der Waals surface area contributed by atoms with Crippen molar-refractivity contribution in [3.8, 4) is 0 Å². The van der Waals surface area contributed by atoms with E-state index in [0.717, 1.165) is 44.9 Å². The van der Waals surface area contributed by atoms with E-state index in [1.807, 2.05) is 0 Å². The predicted molar refractivity (Wildman–Crippen MR) is 115 cm³/mol. The maximum atomic E-state index is 10.4. The zero-order valence-electron chi connectivity index (χ0n) is 16.9. The summed E-state index contributed by atoms with van der Waals surface area (Å²) in [6.07, 6.45) is 33.2. The highest BCUT2D eigenvalue weighted by Crippen LogP contribution is 2.08. The predicted octanol–water partition coefficient (Wildman–Crippen LogP) is 7.78. The first-order valence-corrected chi connectivity index (χ1v) is 10.6. The van der Waals surface area contributed by atoms with Crippen molar-refractivity contribution in [2.75, 3.05) is 0 Å². The zero-order valence-corrected chi connectivity index (χ0v) is 16.9. The molecule has 0 aromatic carbocycles. The maximum absolute atomic E-state index is 10.4. The van der Waals surface area contributed by atoms with Crippen LogP contribution in [0.1, 0.15) is 96.8 Å². The lowest BCUT2D eigenvalue weighted by Crippen LogP contribution is -1.93. The molecule has 0 aromatic rings. The van der Waals surface area contributed by atoms with E-state index in [4.69, 9.17) is 5.11 Å². The second-order valence-corrected chi connectivity index (χ2v) is 6.79. The SMILES string of the molecule is CCCCCC=CCC=CCC=CCC=CCCCCCCCC(=O)O. The smallest absolute Gasteiger partial charge is 0.303 e. The standard InChI is InChI=1S/C24H40O2/c1-2-3-4-5-6-7-8-9-10-11-12-13-14-15-16-17-18-19-20-21-22-23-24(25)26/h6-7,9-10,12-13,15-16H,2-5,8,11,14,17-23H2,1H3,(H,25,26). The lowest BCUT2D eigenvalue weighted by Gasteiger charge is -1.98. The van der Waals surface area contributed by atoms with Crippen molar-refractivity contribution in [1.29, 1.82) is 0 Å². The van der Waals surface area contributed by atoms with Crippen LogP contribution in [0, 0.1) is 0 Å². The van der Waals surface area contributed by atoms with Gasteiger partial charge in [-0.05, 0) is 51.4 Å². The Balaban J connectivity index is 3.34. The van der Waals surface area contributed by atoms with E-state index in [9.17, 15) is 4.79 Å². The molecule has 0 spiro atoms. The third kappa shape index (κ3) is 22.4. The third-order valence-electron chi connectivity index (χ3n) is 4.22. The number of hydrogen-bond acceptors (Lipinski definition) is 1. The van der Waals surface area contributed by atoms with Crippen LogP contribution < -0.4 is 0 Å². The van der Waals surface area contributed by atoms with Crippen LogP contribution in [0.4, 0.5) is 0 Å². The van der Waals surface area contributed by atoms with Crippen LogP contribution in [0.2, 0.25) is 0 Å². The highest BCUT2D eigenvalue weighted by Gasteiger charge is 1.95. The summed E-state index contributed by atoms with van der Waals surface area (Å²) in [4.78, 5) is 10.4. The van der Waals surface area contributed by atoms with Gasteiger partial charge in [-0.2, -0.15) is 0 Å². The normalized spacial score (nSPS) is 12.3. The number of aliphatic carboxylic acids is 1. The lowest BCUT2D eigenvalue weighted by atomic mass is 10.1. The molecule has 0 aliphatic rings. The zero-order chi connectivity index (χ0) is 19.1. The summed E-state index contributed by atoms with van der Waals surface area (Å²) >= 11 is 0. The number of rotatable bonds is 18. The van der Waals surface area contributed by atoms with E-state index in [1.54, 1.807) is 0 Å². The van der Waals surface area contributed by atoms with Gasteiger partial charge in [-0.25, -0.2) is 0 Å². The molecule has 0 aliphatic heterocycles. The van der Waals surface area contributed by atoms with Crippen molar-refractivity contribution in [2.24, 2.45) is 0 Å². The summed E-state index contributed by atoms with van der Waals surface area (Å²) in [7, 11) is 0. The second-order valence-electron chi connectivity index (χ2n) is 6.79. The Kier molecular flexibility index (Phi) is 20.2. The summed E-state index contributed by atoms with van der Waals surface area (Å²) in [5.74, 6) is -0.675. The summed E-state index contributed by atoms with van der Waals surface area (Å²) < 4.78 is 0. The summed E-state index contributed by atoms with van der Waals surface area (Å²) in [5, 5.41) is 8.55. The lowest BCUT2D eigenvalue weighted by molar-refractivity contribution is -0.137. The van der Waals surface area contributed by atoms with Crippen LogP contribution in [-0.2, 0) is 4.79 Å². The van der Waals surface area contributed by atoms with Gasteiger partial charge >= 0.3 is 5.97 Å². The summed E-state index contributed by atoms with van der Waals surface area (Å²) in [5.41, 5.74) is 0. The topological polar surface area (TPSA) is 37.3 Å². The Morgan fingerprint density at radius 1 is 0.615 bits per heavy atom. The van der Waals surface area contributed by atoms with Crippen LogP contribution in [-0.4, -0.2) is 11.1 Å². The van der Waals surface area contributed by atoms with Gasteiger partial charge in [0.1, 0.15) is 0 Å². The highest BCUT2D eigenvalue weighted by atomic mass is 16.4. The Morgan fingerprint density at radius 3 is 1.54 bits per heavy atom. The van der Waals surface area contributed by atoms with Gasteiger partial charge in [0.05, 0.1) is 0 Å². The van der Waals surface area contributed by atoms with Crippen molar-refractivity contribution >= 4 is 5.97 Å². The second kappa shape index (κ2) is 21.5. The summed E-state index contributed by atoms with van der Waals surface area (Å²) in [6.45, 7) is 2.24. The van der Waals surface area contributed by atoms with Gasteiger partial charge in [-0.3, -0.25) is 4.79 Å². The minimum atomic E-state index is -0.675. The monoisotopic (exact) mass is 360 g/mol. The third-order valence-corrected chi connectivity index (χ3v) is 4.22. The molecule has 0 saturated heterocycles. The first kappa shape index (κ1) is 24.4. The molecule has 0 unspecified atom stereocenters. The molecule has 0 aromatic heterocycles. The average Bonchev–Trinajstić information content (AvgIpc) is 2.62. The van der Waals surface area contributed by atoms with Crippen molar-refractivity contribution in [3.63, 3.8) is 0 Å². The van der Waals surface area contributed by atoms with Gasteiger partial charge in [0.15, 0.2) is 0 Å². The fourth-order valence-electron chi connectivity index (χ4n) is 2.63. The molecule has 0 saturated carbocycles. The first-order chi connectivity index (χ1) is 12.8. The minimum absolute atomic E-state index is 0.317. The van der Waals surface area contributed by atoms with Gasteiger partial charge in [0.2, 0.25) is 0 Å². The molecule has 0 amide bonds. The first-order valence-electron chi connectivity index (χ1n) is 10.6. The molecule has 0 bridgehead atoms. The number of carboxylic acids is 1. The van der Waals surface area contributed by atoms with E-state index in [0.29, 0.717) is 6.42 Å². The number of allylic oxidation sites excluding steroid dienone is 8. The molecule has 0 rings (SSSR count). The molecule has 0 aliphatic carbocycles. The van der Waals surface area contributed by atoms with Crippen molar-refractivity contribution in [2.45, 2.75) is 96.8 Å². The fraction of sp³-hybridized carbons (Fsp3) is 0.625. The Morgan fingerprint density at radius 2 is 1.04 bits per heavy atom. The summed E-state index contributed by atoms with van der Waals surface area (Å²) in [6, 6.07) is 0. The van der Waals surface area contributed by atoms with Gasteiger partial charge in [-0.1, -0.05) is 87.6 Å². The molecule has 0 fully saturated rings. The minimum Gasteiger partial charge on any atom is -0.481 e. The number of hydrogen-bond donors (Lipinski definition) is 1. The highest BCUT2D eigenvalue weighted by molar-refractivity contribution is 5.66. The molecule has 1 N–H and O–H groups in total. The van der Waals surface area contributed by atoms with Crippen LogP contribution in [0.5, 0.6) is 0 Å². The average molecular weight is 361 g/mol. The van der Waals surface area contributed by atoms with Crippen LogP contribution in [0.3, 0.4) is 0 Å². The van der Waals surface area contributed by atoms with Crippen molar-refractivity contribution in [1.82, 2.24) is 0 Å². The van der Waals surface area contributed by atoms with Crippen molar-refractivity contribution < 1.29 is 9.90 Å². The van der Waals surface area contributed by atoms with Gasteiger partial charge in [0.25, 0.3) is 0 Å². The van der Waals surface area contributed by atoms with Gasteiger partial charge < -0.3 is 5.11 Å². The van der Waals surface area contributed by atoms with Crippen LogP contribution >= 0.6 is 0 Å². The Hall–Kier alpha value is -1.57. The quantitative estimate of drug-likeness (QED) is 0.200. The van der Waals surface area contributed by atoms with E-state index < -0.39 is 5.97 Å². The molecule has 2 heteroatoms. The number of carbonyl (C=O) groups is 1. The van der Waals surface area contributed by atoms with E-state index >= 15 is 0 Å². The Bertz CT molecular complexity index is 416. The maximum Gasteiger partial charge on any atom is 0.303 e. The fourth-order valence-corrected chi connectivity index (χ4v) is 2.63. The number of unbranched alkanes of at least 4 members (excludes halogenated alkanes) is 8. The van der Waals surface area contributed by atoms with E-state index in [-0.39, 0.29) is 0 Å². The largest absolute Gasteiger partial charge is 0.481 e. The molecular formula is C24H40O2.